The molecule has 2 aromatic carbocycles. The Labute approximate surface area is 145 Å². The van der Waals surface area contributed by atoms with Crippen LogP contribution in [0.3, 0.4) is 0 Å². The van der Waals surface area contributed by atoms with Crippen molar-refractivity contribution >= 4 is 28.9 Å². The maximum atomic E-state index is 12.8. The van der Waals surface area contributed by atoms with Gasteiger partial charge in [-0.05, 0) is 23.8 Å². The monoisotopic (exact) mass is 347 g/mol. The summed E-state index contributed by atoms with van der Waals surface area (Å²) in [7, 11) is 5.24. The van der Waals surface area contributed by atoms with Crippen LogP contribution in [0.2, 0.25) is 5.02 Å². The number of benzene rings is 2. The molecule has 0 bridgehead atoms. The molecule has 0 aliphatic carbocycles. The Morgan fingerprint density at radius 2 is 1.75 bits per heavy atom. The van der Waals surface area contributed by atoms with Gasteiger partial charge < -0.3 is 9.80 Å². The predicted octanol–water partition coefficient (Wildman–Crippen LogP) is 3.59. The summed E-state index contributed by atoms with van der Waals surface area (Å²) in [6, 6.07) is 11.5. The van der Waals surface area contributed by atoms with Crippen molar-refractivity contribution in [1.82, 2.24) is 4.90 Å². The van der Waals surface area contributed by atoms with Gasteiger partial charge in [0.25, 0.3) is 11.6 Å². The average molecular weight is 348 g/mol. The number of carbonyl (C=O) groups excluding carboxylic acids is 1. The normalized spacial score (nSPS) is 10.3. The zero-order valence-electron chi connectivity index (χ0n) is 13.7. The Hall–Kier alpha value is -2.60. The molecule has 0 aliphatic rings. The predicted molar refractivity (Wildman–Crippen MR) is 94.7 cm³/mol. The minimum atomic E-state index is -0.505. The number of hydrogen-bond donors (Lipinski definition) is 0. The van der Waals surface area contributed by atoms with E-state index in [-0.39, 0.29) is 11.6 Å². The smallest absolute Gasteiger partial charge is 0.270 e. The van der Waals surface area contributed by atoms with Gasteiger partial charge in [0.2, 0.25) is 0 Å². The molecule has 0 fully saturated rings. The van der Waals surface area contributed by atoms with Gasteiger partial charge >= 0.3 is 0 Å². The fourth-order valence-electron chi connectivity index (χ4n) is 2.34. The molecule has 0 radical (unpaired) electrons. The highest BCUT2D eigenvalue weighted by Crippen LogP contribution is 2.25. The third kappa shape index (κ3) is 4.02. The first-order chi connectivity index (χ1) is 11.3. The molecule has 0 heterocycles. The molecule has 7 heteroatoms. The average Bonchev–Trinajstić information content (AvgIpc) is 2.55. The molecule has 0 atom stereocenters. The van der Waals surface area contributed by atoms with E-state index >= 15 is 0 Å². The SMILES string of the molecule is CN(Cc1ccc(Cl)cc1)C(=O)c1cc([N+](=O)[O-])ccc1N(C)C. The Kier molecular flexibility index (Phi) is 5.41. The molecule has 0 saturated carbocycles. The highest BCUT2D eigenvalue weighted by atomic mass is 35.5. The lowest BCUT2D eigenvalue weighted by Crippen LogP contribution is -2.28. The van der Waals surface area contributed by atoms with E-state index in [4.69, 9.17) is 11.6 Å². The third-order valence-electron chi connectivity index (χ3n) is 3.58. The second-order valence-electron chi connectivity index (χ2n) is 5.64. The van der Waals surface area contributed by atoms with Crippen LogP contribution >= 0.6 is 11.6 Å². The Balaban J connectivity index is 2.31. The number of nitro benzene ring substituents is 1. The third-order valence-corrected chi connectivity index (χ3v) is 3.83. The maximum Gasteiger partial charge on any atom is 0.270 e. The Bertz CT molecular complexity index is 760. The summed E-state index contributed by atoms with van der Waals surface area (Å²) in [4.78, 5) is 26.5. The van der Waals surface area contributed by atoms with Gasteiger partial charge in [-0.15, -0.1) is 0 Å². The topological polar surface area (TPSA) is 66.7 Å². The lowest BCUT2D eigenvalue weighted by atomic mass is 10.1. The van der Waals surface area contributed by atoms with E-state index in [2.05, 4.69) is 0 Å². The van der Waals surface area contributed by atoms with Gasteiger partial charge in [-0.2, -0.15) is 0 Å². The van der Waals surface area contributed by atoms with Crippen molar-refractivity contribution in [2.45, 2.75) is 6.54 Å². The Morgan fingerprint density at radius 3 is 2.29 bits per heavy atom. The largest absolute Gasteiger partial charge is 0.377 e. The van der Waals surface area contributed by atoms with E-state index in [1.807, 2.05) is 12.1 Å². The van der Waals surface area contributed by atoms with E-state index in [1.54, 1.807) is 44.2 Å². The number of carbonyl (C=O) groups is 1. The number of nitro groups is 1. The van der Waals surface area contributed by atoms with Gasteiger partial charge in [-0.1, -0.05) is 23.7 Å². The van der Waals surface area contributed by atoms with Crippen molar-refractivity contribution < 1.29 is 9.72 Å². The van der Waals surface area contributed by atoms with Crippen LogP contribution in [-0.4, -0.2) is 36.9 Å². The summed E-state index contributed by atoms with van der Waals surface area (Å²) < 4.78 is 0. The molecular formula is C17H18ClN3O3. The molecule has 6 nitrogen and oxygen atoms in total. The van der Waals surface area contributed by atoms with E-state index < -0.39 is 4.92 Å². The summed E-state index contributed by atoms with van der Waals surface area (Å²) in [6.45, 7) is 0.381. The number of rotatable bonds is 5. The first-order valence-corrected chi connectivity index (χ1v) is 7.63. The fourth-order valence-corrected chi connectivity index (χ4v) is 2.47. The molecule has 24 heavy (non-hydrogen) atoms. The fraction of sp³-hybridized carbons (Fsp3) is 0.235. The molecule has 126 valence electrons. The number of amides is 1. The van der Waals surface area contributed by atoms with Crippen LogP contribution in [-0.2, 0) is 6.54 Å². The number of anilines is 1. The lowest BCUT2D eigenvalue weighted by molar-refractivity contribution is -0.384. The Morgan fingerprint density at radius 1 is 1.12 bits per heavy atom. The van der Waals surface area contributed by atoms with Crippen LogP contribution in [0.15, 0.2) is 42.5 Å². The van der Waals surface area contributed by atoms with E-state index in [9.17, 15) is 14.9 Å². The van der Waals surface area contributed by atoms with Crippen molar-refractivity contribution in [1.29, 1.82) is 0 Å². The summed E-state index contributed by atoms with van der Waals surface area (Å²) >= 11 is 5.86. The van der Waals surface area contributed by atoms with Crippen molar-refractivity contribution in [3.63, 3.8) is 0 Å². The zero-order valence-corrected chi connectivity index (χ0v) is 14.4. The van der Waals surface area contributed by atoms with Gasteiger partial charge in [0, 0.05) is 50.5 Å². The number of nitrogens with zero attached hydrogens (tertiary/aromatic N) is 3. The molecular weight excluding hydrogens is 330 g/mol. The second-order valence-corrected chi connectivity index (χ2v) is 6.08. The quantitative estimate of drug-likeness (QED) is 0.612. The molecule has 0 spiro atoms. The van der Waals surface area contributed by atoms with Gasteiger partial charge in [-0.3, -0.25) is 14.9 Å². The molecule has 0 aromatic heterocycles. The zero-order chi connectivity index (χ0) is 17.9. The maximum absolute atomic E-state index is 12.8. The van der Waals surface area contributed by atoms with Crippen LogP contribution in [0.5, 0.6) is 0 Å². The van der Waals surface area contributed by atoms with E-state index in [0.29, 0.717) is 22.8 Å². The van der Waals surface area contributed by atoms with Crippen molar-refractivity contribution in [3.05, 3.63) is 68.7 Å². The lowest BCUT2D eigenvalue weighted by Gasteiger charge is -2.22. The summed E-state index contributed by atoms with van der Waals surface area (Å²) in [6.07, 6.45) is 0. The molecule has 0 saturated heterocycles. The molecule has 0 aliphatic heterocycles. The highest BCUT2D eigenvalue weighted by molar-refractivity contribution is 6.30. The van der Waals surface area contributed by atoms with Crippen molar-refractivity contribution in [2.24, 2.45) is 0 Å². The van der Waals surface area contributed by atoms with Crippen molar-refractivity contribution in [3.8, 4) is 0 Å². The summed E-state index contributed by atoms with van der Waals surface area (Å²) in [5.74, 6) is -0.280. The molecule has 1 amide bonds. The van der Waals surface area contributed by atoms with Crippen LogP contribution < -0.4 is 4.90 Å². The van der Waals surface area contributed by atoms with Crippen LogP contribution in [0.25, 0.3) is 0 Å². The molecule has 2 rings (SSSR count). The highest BCUT2D eigenvalue weighted by Gasteiger charge is 2.21. The van der Waals surface area contributed by atoms with Crippen LogP contribution in [0.4, 0.5) is 11.4 Å². The first-order valence-electron chi connectivity index (χ1n) is 7.25. The minimum absolute atomic E-state index is 0.108. The van der Waals surface area contributed by atoms with Gasteiger partial charge in [-0.25, -0.2) is 0 Å². The summed E-state index contributed by atoms with van der Waals surface area (Å²) in [5, 5.41) is 11.6. The standard InChI is InChI=1S/C17H18ClN3O3/c1-19(2)16-9-8-14(21(23)24)10-15(16)17(22)20(3)11-12-4-6-13(18)7-5-12/h4-10H,11H2,1-3H3. The second kappa shape index (κ2) is 7.31. The molecule has 0 unspecified atom stereocenters. The van der Waals surface area contributed by atoms with Crippen LogP contribution in [0.1, 0.15) is 15.9 Å². The van der Waals surface area contributed by atoms with Crippen molar-refractivity contribution in [2.75, 3.05) is 26.0 Å². The van der Waals surface area contributed by atoms with Gasteiger partial charge in [0.15, 0.2) is 0 Å². The summed E-state index contributed by atoms with van der Waals surface area (Å²) in [5.41, 5.74) is 1.75. The molecule has 2 aromatic rings. The number of halogens is 1. The molecule has 0 N–H and O–H groups in total. The number of hydrogen-bond acceptors (Lipinski definition) is 4. The van der Waals surface area contributed by atoms with E-state index in [1.165, 1.54) is 17.0 Å². The minimum Gasteiger partial charge on any atom is -0.377 e. The van der Waals surface area contributed by atoms with Gasteiger partial charge in [0.05, 0.1) is 10.5 Å². The number of non-ortho nitro benzene ring substituents is 1. The van der Waals surface area contributed by atoms with Gasteiger partial charge in [0.1, 0.15) is 0 Å². The van der Waals surface area contributed by atoms with E-state index in [0.717, 1.165) is 5.56 Å². The first kappa shape index (κ1) is 17.7. The van der Waals surface area contributed by atoms with Crippen LogP contribution in [0, 0.1) is 10.1 Å².